The van der Waals surface area contributed by atoms with Crippen LogP contribution in [0.4, 0.5) is 0 Å². The molecule has 0 saturated heterocycles. The third-order valence-corrected chi connectivity index (χ3v) is 4.89. The van der Waals surface area contributed by atoms with Gasteiger partial charge in [-0.15, -0.1) is 0 Å². The molecule has 1 aliphatic rings. The summed E-state index contributed by atoms with van der Waals surface area (Å²) in [5, 5.41) is 19.8. The average Bonchev–Trinajstić information content (AvgIpc) is 2.64. The van der Waals surface area contributed by atoms with Gasteiger partial charge in [0.2, 0.25) is 0 Å². The van der Waals surface area contributed by atoms with Gasteiger partial charge in [0.05, 0.1) is 12.5 Å². The molecule has 1 aromatic rings. The van der Waals surface area contributed by atoms with Gasteiger partial charge in [-0.1, -0.05) is 49.6 Å². The van der Waals surface area contributed by atoms with Gasteiger partial charge >= 0.3 is 5.97 Å². The van der Waals surface area contributed by atoms with Crippen LogP contribution in [0.2, 0.25) is 0 Å². The lowest BCUT2D eigenvalue weighted by Gasteiger charge is -2.37. The number of benzene rings is 1. The highest BCUT2D eigenvalue weighted by atomic mass is 16.5. The molecular weight excluding hydrogens is 320 g/mol. The first-order valence-corrected chi connectivity index (χ1v) is 9.19. The summed E-state index contributed by atoms with van der Waals surface area (Å²) in [5.74, 6) is -1.67. The number of esters is 1. The highest BCUT2D eigenvalue weighted by molar-refractivity contribution is 6.04. The number of aliphatic hydroxyl groups is 2. The van der Waals surface area contributed by atoms with Crippen molar-refractivity contribution in [3.8, 4) is 0 Å². The minimum atomic E-state index is -1.67. The van der Waals surface area contributed by atoms with Crippen LogP contribution in [0.1, 0.15) is 61.7 Å². The summed E-state index contributed by atoms with van der Waals surface area (Å²) in [6, 6.07) is 8.64. The Hall–Kier alpha value is -1.72. The summed E-state index contributed by atoms with van der Waals surface area (Å²) in [5.41, 5.74) is -1.25. The molecule has 25 heavy (non-hydrogen) atoms. The molecule has 0 amide bonds. The first kappa shape index (κ1) is 19.6. The van der Waals surface area contributed by atoms with Crippen LogP contribution in [-0.4, -0.2) is 40.8 Å². The second kappa shape index (κ2) is 9.68. The van der Waals surface area contributed by atoms with Gasteiger partial charge < -0.3 is 14.9 Å². The van der Waals surface area contributed by atoms with Gasteiger partial charge in [-0.05, 0) is 32.1 Å². The lowest BCUT2D eigenvalue weighted by atomic mass is 9.71. The van der Waals surface area contributed by atoms with Gasteiger partial charge in [0, 0.05) is 12.2 Å². The van der Waals surface area contributed by atoms with Crippen molar-refractivity contribution >= 4 is 11.8 Å². The molecule has 2 unspecified atom stereocenters. The number of carbonyl (C=O) groups is 2. The van der Waals surface area contributed by atoms with E-state index in [0.29, 0.717) is 12.0 Å². The molecule has 0 aromatic heterocycles. The molecule has 0 heterocycles. The maximum atomic E-state index is 12.8. The van der Waals surface area contributed by atoms with E-state index in [4.69, 9.17) is 9.84 Å². The average molecular weight is 348 g/mol. The number of aliphatic hydroxyl groups excluding tert-OH is 1. The summed E-state index contributed by atoms with van der Waals surface area (Å²) >= 11 is 0. The third kappa shape index (κ3) is 5.13. The van der Waals surface area contributed by atoms with Crippen LogP contribution >= 0.6 is 0 Å². The number of ether oxygens (including phenoxy) is 1. The van der Waals surface area contributed by atoms with Gasteiger partial charge in [-0.3, -0.25) is 9.59 Å². The molecule has 2 atom stereocenters. The molecule has 0 radical (unpaired) electrons. The normalized spacial score (nSPS) is 23.2. The van der Waals surface area contributed by atoms with E-state index in [1.807, 2.05) is 6.07 Å². The Bertz CT molecular complexity index is 556. The van der Waals surface area contributed by atoms with E-state index in [9.17, 15) is 14.7 Å². The van der Waals surface area contributed by atoms with Crippen molar-refractivity contribution in [2.45, 2.75) is 57.0 Å². The Morgan fingerprint density at radius 3 is 2.52 bits per heavy atom. The van der Waals surface area contributed by atoms with Crippen LogP contribution in [0.15, 0.2) is 30.3 Å². The predicted molar refractivity (Wildman–Crippen MR) is 94.2 cm³/mol. The van der Waals surface area contributed by atoms with E-state index in [1.165, 1.54) is 0 Å². The number of rotatable bonds is 9. The van der Waals surface area contributed by atoms with E-state index in [1.54, 1.807) is 24.3 Å². The summed E-state index contributed by atoms with van der Waals surface area (Å²) in [4.78, 5) is 25.3. The van der Waals surface area contributed by atoms with Gasteiger partial charge in [0.1, 0.15) is 5.60 Å². The van der Waals surface area contributed by atoms with Crippen molar-refractivity contribution in [3.05, 3.63) is 35.9 Å². The van der Waals surface area contributed by atoms with E-state index in [2.05, 4.69) is 0 Å². The molecule has 0 spiro atoms. The van der Waals surface area contributed by atoms with Crippen LogP contribution in [0.3, 0.4) is 0 Å². The lowest BCUT2D eigenvalue weighted by Crippen LogP contribution is -2.51. The Morgan fingerprint density at radius 1 is 1.08 bits per heavy atom. The molecule has 1 aromatic carbocycles. The molecule has 2 N–H and O–H groups in total. The minimum absolute atomic E-state index is 0.177. The lowest BCUT2D eigenvalue weighted by molar-refractivity contribution is -0.158. The molecule has 5 nitrogen and oxygen atoms in total. The van der Waals surface area contributed by atoms with E-state index >= 15 is 0 Å². The zero-order valence-corrected chi connectivity index (χ0v) is 14.7. The Labute approximate surface area is 149 Å². The number of ketones is 1. The first-order chi connectivity index (χ1) is 12.1. The third-order valence-electron chi connectivity index (χ3n) is 4.89. The zero-order valence-electron chi connectivity index (χ0n) is 14.7. The summed E-state index contributed by atoms with van der Waals surface area (Å²) < 4.78 is 5.33. The fraction of sp³-hybridized carbons (Fsp3) is 0.600. The van der Waals surface area contributed by atoms with Crippen molar-refractivity contribution in [2.24, 2.45) is 5.92 Å². The minimum Gasteiger partial charge on any atom is -0.465 e. The monoisotopic (exact) mass is 348 g/mol. The summed E-state index contributed by atoms with van der Waals surface area (Å²) in [6.07, 6.45) is 5.54. The SMILES string of the molecule is O=C(OCCCCCCO)C1CCCCC1(O)C(=O)c1ccccc1. The van der Waals surface area contributed by atoms with Crippen molar-refractivity contribution in [3.63, 3.8) is 0 Å². The molecule has 0 bridgehead atoms. The van der Waals surface area contributed by atoms with E-state index in [0.717, 1.165) is 38.5 Å². The van der Waals surface area contributed by atoms with E-state index < -0.39 is 23.3 Å². The highest BCUT2D eigenvalue weighted by Gasteiger charge is 2.49. The van der Waals surface area contributed by atoms with Crippen LogP contribution < -0.4 is 0 Å². The quantitative estimate of drug-likeness (QED) is 0.407. The van der Waals surface area contributed by atoms with Gasteiger partial charge in [0.15, 0.2) is 5.78 Å². The van der Waals surface area contributed by atoms with Crippen LogP contribution in [0, 0.1) is 5.92 Å². The Morgan fingerprint density at radius 2 is 1.80 bits per heavy atom. The van der Waals surface area contributed by atoms with Gasteiger partial charge in [0.25, 0.3) is 0 Å². The molecule has 5 heteroatoms. The van der Waals surface area contributed by atoms with Crippen molar-refractivity contribution < 1.29 is 24.5 Å². The van der Waals surface area contributed by atoms with Crippen molar-refractivity contribution in [1.82, 2.24) is 0 Å². The Balaban J connectivity index is 1.97. The van der Waals surface area contributed by atoms with Gasteiger partial charge in [-0.2, -0.15) is 0 Å². The zero-order chi connectivity index (χ0) is 18.1. The predicted octanol–water partition coefficient (Wildman–Crippen LogP) is 2.89. The molecule has 0 aliphatic heterocycles. The Kier molecular flexibility index (Phi) is 7.59. The molecule has 1 aliphatic carbocycles. The van der Waals surface area contributed by atoms with Crippen molar-refractivity contribution in [2.75, 3.05) is 13.2 Å². The summed E-state index contributed by atoms with van der Waals surface area (Å²) in [7, 11) is 0. The van der Waals surface area contributed by atoms with Crippen LogP contribution in [0.25, 0.3) is 0 Å². The number of carbonyl (C=O) groups excluding carboxylic acids is 2. The fourth-order valence-corrected chi connectivity index (χ4v) is 3.42. The fourth-order valence-electron chi connectivity index (χ4n) is 3.42. The van der Waals surface area contributed by atoms with Crippen molar-refractivity contribution in [1.29, 1.82) is 0 Å². The largest absolute Gasteiger partial charge is 0.465 e. The maximum Gasteiger partial charge on any atom is 0.312 e. The van der Waals surface area contributed by atoms with Gasteiger partial charge in [-0.25, -0.2) is 0 Å². The van der Waals surface area contributed by atoms with Crippen LogP contribution in [0.5, 0.6) is 0 Å². The topological polar surface area (TPSA) is 83.8 Å². The second-order valence-electron chi connectivity index (χ2n) is 6.72. The highest BCUT2D eigenvalue weighted by Crippen LogP contribution is 2.37. The second-order valence-corrected chi connectivity index (χ2v) is 6.72. The first-order valence-electron chi connectivity index (χ1n) is 9.19. The summed E-state index contributed by atoms with van der Waals surface area (Å²) in [6.45, 7) is 0.465. The number of hydrogen-bond donors (Lipinski definition) is 2. The molecule has 1 fully saturated rings. The van der Waals surface area contributed by atoms with E-state index in [-0.39, 0.29) is 19.6 Å². The number of hydrogen-bond acceptors (Lipinski definition) is 5. The molecule has 1 saturated carbocycles. The van der Waals surface area contributed by atoms with Crippen LogP contribution in [-0.2, 0) is 9.53 Å². The molecule has 2 rings (SSSR count). The maximum absolute atomic E-state index is 12.8. The number of unbranched alkanes of at least 4 members (excludes halogenated alkanes) is 3. The smallest absolute Gasteiger partial charge is 0.312 e. The number of Topliss-reactive ketones (excluding diaryl/α,β-unsaturated/α-hetero) is 1. The molecule has 138 valence electrons. The molecular formula is C20H28O5. The standard InChI is InChI=1S/C20H28O5/c21-14-8-1-2-9-15-25-19(23)17-12-6-7-13-20(17,24)18(22)16-10-4-3-5-11-16/h3-5,10-11,17,21,24H,1-2,6-9,12-15H2.